The van der Waals surface area contributed by atoms with Crippen LogP contribution in [0.2, 0.25) is 0 Å². The zero-order valence-electron chi connectivity index (χ0n) is 11.1. The highest BCUT2D eigenvalue weighted by atomic mass is 35.5. The minimum absolute atomic E-state index is 0.127. The van der Waals surface area contributed by atoms with Crippen LogP contribution in [0.5, 0.6) is 0 Å². The molecule has 0 amide bonds. The van der Waals surface area contributed by atoms with Crippen LogP contribution in [0.3, 0.4) is 0 Å². The first-order valence-electron chi connectivity index (χ1n) is 6.31. The molecule has 0 aliphatic heterocycles. The van der Waals surface area contributed by atoms with Gasteiger partial charge in [0.15, 0.2) is 14.7 Å². The maximum absolute atomic E-state index is 12.2. The lowest BCUT2D eigenvalue weighted by Gasteiger charge is -2.05. The van der Waals surface area contributed by atoms with Crippen LogP contribution in [-0.2, 0) is 9.84 Å². The van der Waals surface area contributed by atoms with Gasteiger partial charge in [-0.15, -0.1) is 11.6 Å². The molecular weight excluding hydrogens is 316 g/mol. The Morgan fingerprint density at radius 1 is 1.24 bits per heavy atom. The van der Waals surface area contributed by atoms with Crippen LogP contribution in [0, 0.1) is 0 Å². The Bertz CT molecular complexity index is 801. The van der Waals surface area contributed by atoms with Crippen molar-refractivity contribution >= 4 is 38.1 Å². The van der Waals surface area contributed by atoms with Crippen LogP contribution < -0.4 is 16.9 Å². The van der Waals surface area contributed by atoms with Gasteiger partial charge in [0.2, 0.25) is 0 Å². The van der Waals surface area contributed by atoms with E-state index in [0.29, 0.717) is 29.8 Å². The van der Waals surface area contributed by atoms with E-state index in [-0.39, 0.29) is 16.2 Å². The summed E-state index contributed by atoms with van der Waals surface area (Å²) in [6.07, 6.45) is 0.977. The molecular formula is C13H15ClN2O4S. The number of nitrogens with two attached hydrogens (primary N) is 1. The smallest absolute Gasteiger partial charge is 0.355 e. The topological polar surface area (TPSA) is 102 Å². The van der Waals surface area contributed by atoms with Crippen molar-refractivity contribution in [3.8, 4) is 0 Å². The number of halogens is 1. The molecule has 2 aromatic rings. The minimum Gasteiger partial charge on any atom is -0.422 e. The molecule has 0 bridgehead atoms. The summed E-state index contributed by atoms with van der Waals surface area (Å²) in [7, 11) is -3.68. The van der Waals surface area contributed by atoms with Gasteiger partial charge in [0.1, 0.15) is 5.58 Å². The highest BCUT2D eigenvalue weighted by Gasteiger charge is 2.20. The third-order valence-corrected chi connectivity index (χ3v) is 5.05. The summed E-state index contributed by atoms with van der Waals surface area (Å²) < 4.78 is 29.4. The molecule has 1 heterocycles. The third-order valence-electron chi connectivity index (χ3n) is 3.00. The maximum atomic E-state index is 12.2. The second kappa shape index (κ2) is 6.46. The highest BCUT2D eigenvalue weighted by Crippen LogP contribution is 2.20. The Kier molecular flexibility index (Phi) is 4.87. The largest absolute Gasteiger partial charge is 0.422 e. The molecule has 0 saturated heterocycles. The number of hydrazine groups is 1. The van der Waals surface area contributed by atoms with Crippen molar-refractivity contribution in [2.24, 2.45) is 5.84 Å². The molecule has 0 fully saturated rings. The average Bonchev–Trinajstić information content (AvgIpc) is 2.45. The lowest BCUT2D eigenvalue weighted by atomic mass is 10.2. The number of hydrogen-bond acceptors (Lipinski definition) is 6. The SMILES string of the molecule is NNc1ccc2cc(S(=O)(=O)CCCCCl)c(=O)oc2c1. The molecule has 114 valence electrons. The molecule has 0 radical (unpaired) electrons. The van der Waals surface area contributed by atoms with E-state index in [0.717, 1.165) is 0 Å². The monoisotopic (exact) mass is 330 g/mol. The van der Waals surface area contributed by atoms with Crippen molar-refractivity contribution in [2.45, 2.75) is 17.7 Å². The number of nitrogens with one attached hydrogen (secondary N) is 1. The minimum atomic E-state index is -3.68. The van der Waals surface area contributed by atoms with Gasteiger partial charge in [-0.05, 0) is 31.0 Å². The Hall–Kier alpha value is -1.57. The van der Waals surface area contributed by atoms with Gasteiger partial charge in [0.05, 0.1) is 11.4 Å². The Labute approximate surface area is 126 Å². The lowest BCUT2D eigenvalue weighted by molar-refractivity contribution is 0.532. The Morgan fingerprint density at radius 3 is 2.67 bits per heavy atom. The summed E-state index contributed by atoms with van der Waals surface area (Å²) in [4.78, 5) is 11.6. The van der Waals surface area contributed by atoms with E-state index in [1.54, 1.807) is 12.1 Å². The van der Waals surface area contributed by atoms with E-state index in [1.807, 2.05) is 0 Å². The van der Waals surface area contributed by atoms with E-state index in [4.69, 9.17) is 21.9 Å². The summed E-state index contributed by atoms with van der Waals surface area (Å²) >= 11 is 5.52. The average molecular weight is 331 g/mol. The van der Waals surface area contributed by atoms with Gasteiger partial charge in [-0.25, -0.2) is 13.2 Å². The predicted octanol–water partition coefficient (Wildman–Crippen LogP) is 1.87. The van der Waals surface area contributed by atoms with Crippen LogP contribution in [0.15, 0.2) is 38.4 Å². The molecule has 0 saturated carbocycles. The van der Waals surface area contributed by atoms with Gasteiger partial charge in [-0.1, -0.05) is 0 Å². The highest BCUT2D eigenvalue weighted by molar-refractivity contribution is 7.91. The number of alkyl halides is 1. The van der Waals surface area contributed by atoms with Gasteiger partial charge in [0.25, 0.3) is 0 Å². The summed E-state index contributed by atoms with van der Waals surface area (Å²) in [5, 5.41) is 0.518. The quantitative estimate of drug-likeness (QED) is 0.275. The number of rotatable bonds is 6. The number of benzene rings is 1. The normalized spacial score (nSPS) is 11.7. The van der Waals surface area contributed by atoms with Crippen LogP contribution in [0.4, 0.5) is 5.69 Å². The van der Waals surface area contributed by atoms with Gasteiger partial charge >= 0.3 is 5.63 Å². The summed E-state index contributed by atoms with van der Waals surface area (Å²) in [5.74, 6) is 5.53. The molecule has 0 unspecified atom stereocenters. The van der Waals surface area contributed by atoms with Crippen LogP contribution in [0.25, 0.3) is 11.0 Å². The number of unbranched alkanes of at least 4 members (excludes halogenated alkanes) is 1. The van der Waals surface area contributed by atoms with Crippen molar-refractivity contribution in [2.75, 3.05) is 17.1 Å². The Morgan fingerprint density at radius 2 is 2.00 bits per heavy atom. The van der Waals surface area contributed by atoms with Gasteiger partial charge in [-0.2, -0.15) is 0 Å². The molecule has 0 aliphatic rings. The second-order valence-electron chi connectivity index (χ2n) is 4.51. The maximum Gasteiger partial charge on any atom is 0.355 e. The number of nitrogen functional groups attached to an aromatic ring is 1. The lowest BCUT2D eigenvalue weighted by Crippen LogP contribution is -2.17. The molecule has 8 heteroatoms. The number of sulfone groups is 1. The second-order valence-corrected chi connectivity index (χ2v) is 6.97. The first-order chi connectivity index (χ1) is 9.97. The van der Waals surface area contributed by atoms with Crippen molar-refractivity contribution < 1.29 is 12.8 Å². The number of fused-ring (bicyclic) bond motifs is 1. The predicted molar refractivity (Wildman–Crippen MR) is 82.3 cm³/mol. The molecule has 0 aliphatic carbocycles. The molecule has 21 heavy (non-hydrogen) atoms. The zero-order valence-corrected chi connectivity index (χ0v) is 12.7. The van der Waals surface area contributed by atoms with E-state index < -0.39 is 15.5 Å². The van der Waals surface area contributed by atoms with Gasteiger partial charge in [-0.3, -0.25) is 5.84 Å². The first-order valence-corrected chi connectivity index (χ1v) is 8.50. The van der Waals surface area contributed by atoms with Crippen LogP contribution in [0.1, 0.15) is 12.8 Å². The van der Waals surface area contributed by atoms with E-state index in [9.17, 15) is 13.2 Å². The van der Waals surface area contributed by atoms with Crippen molar-refractivity contribution in [1.29, 1.82) is 0 Å². The van der Waals surface area contributed by atoms with E-state index >= 15 is 0 Å². The first kappa shape index (κ1) is 15.8. The van der Waals surface area contributed by atoms with Crippen LogP contribution in [-0.4, -0.2) is 20.1 Å². The molecule has 0 atom stereocenters. The molecule has 1 aromatic carbocycles. The zero-order chi connectivity index (χ0) is 15.5. The van der Waals surface area contributed by atoms with Gasteiger partial charge in [0, 0.05) is 17.3 Å². The molecule has 3 N–H and O–H groups in total. The number of anilines is 1. The molecule has 2 rings (SSSR count). The van der Waals surface area contributed by atoms with E-state index in [2.05, 4.69) is 5.43 Å². The third kappa shape index (κ3) is 3.55. The fraction of sp³-hybridized carbons (Fsp3) is 0.308. The Balaban J connectivity index is 2.45. The summed E-state index contributed by atoms with van der Waals surface area (Å²) in [6.45, 7) is 0. The van der Waals surface area contributed by atoms with Crippen molar-refractivity contribution in [3.05, 3.63) is 34.7 Å². The number of hydrogen-bond donors (Lipinski definition) is 2. The standard InChI is InChI=1S/C13H15ClN2O4S/c14-5-1-2-6-21(18,19)12-7-9-3-4-10(16-15)8-11(9)20-13(12)17/h3-4,7-8,16H,1-2,5-6,15H2. The van der Waals surface area contributed by atoms with Crippen molar-refractivity contribution in [3.63, 3.8) is 0 Å². The summed E-state index contributed by atoms with van der Waals surface area (Å²) in [6, 6.07) is 6.15. The van der Waals surface area contributed by atoms with Gasteiger partial charge < -0.3 is 9.84 Å². The fourth-order valence-electron chi connectivity index (χ4n) is 1.90. The van der Waals surface area contributed by atoms with Crippen LogP contribution >= 0.6 is 11.6 Å². The molecule has 6 nitrogen and oxygen atoms in total. The molecule has 1 aromatic heterocycles. The van der Waals surface area contributed by atoms with Crippen molar-refractivity contribution in [1.82, 2.24) is 0 Å². The van der Waals surface area contributed by atoms with E-state index in [1.165, 1.54) is 12.1 Å². The molecule has 0 spiro atoms. The summed E-state index contributed by atoms with van der Waals surface area (Å²) in [5.41, 5.74) is 2.38. The fourth-order valence-corrected chi connectivity index (χ4v) is 3.49.